The summed E-state index contributed by atoms with van der Waals surface area (Å²) in [5, 5.41) is 18.5. The Bertz CT molecular complexity index is 462. The van der Waals surface area contributed by atoms with E-state index >= 15 is 0 Å². The number of aromatic hydroxyl groups is 1. The molecule has 19 heavy (non-hydrogen) atoms. The number of aliphatic hydroxyl groups is 1. The van der Waals surface area contributed by atoms with Crippen LogP contribution >= 0.6 is 0 Å². The summed E-state index contributed by atoms with van der Waals surface area (Å²) in [4.78, 5) is 13.9. The summed E-state index contributed by atoms with van der Waals surface area (Å²) < 4.78 is 1.77. The van der Waals surface area contributed by atoms with Crippen LogP contribution in [0.2, 0.25) is 0 Å². The van der Waals surface area contributed by atoms with Gasteiger partial charge in [0, 0.05) is 24.8 Å². The quantitative estimate of drug-likeness (QED) is 0.850. The van der Waals surface area contributed by atoms with Crippen molar-refractivity contribution in [3.8, 4) is 5.75 Å². The van der Waals surface area contributed by atoms with Gasteiger partial charge in [-0.1, -0.05) is 12.8 Å². The molecule has 0 radical (unpaired) electrons. The van der Waals surface area contributed by atoms with Crippen molar-refractivity contribution in [2.24, 2.45) is 0 Å². The Labute approximate surface area is 113 Å². The smallest absolute Gasteiger partial charge is 0.223 e. The first-order valence-corrected chi connectivity index (χ1v) is 6.96. The molecule has 0 saturated carbocycles. The monoisotopic (exact) mass is 266 g/mol. The first kappa shape index (κ1) is 14.1. The van der Waals surface area contributed by atoms with Crippen LogP contribution in [0.3, 0.4) is 0 Å². The van der Waals surface area contributed by atoms with Gasteiger partial charge in [0.25, 0.3) is 0 Å². The Morgan fingerprint density at radius 1 is 1.16 bits per heavy atom. The molecule has 1 aromatic heterocycles. The molecule has 1 aromatic rings. The van der Waals surface area contributed by atoms with Gasteiger partial charge in [-0.05, 0) is 25.9 Å². The van der Waals surface area contributed by atoms with Gasteiger partial charge in [0.05, 0.1) is 12.8 Å². The first-order valence-electron chi connectivity index (χ1n) is 6.96. The van der Waals surface area contributed by atoms with Crippen molar-refractivity contribution in [3.63, 3.8) is 0 Å². The van der Waals surface area contributed by atoms with Crippen molar-refractivity contribution < 1.29 is 10.2 Å². The van der Waals surface area contributed by atoms with E-state index < -0.39 is 0 Å². The van der Waals surface area contributed by atoms with Gasteiger partial charge < -0.3 is 14.8 Å². The maximum Gasteiger partial charge on any atom is 0.223 e. The van der Waals surface area contributed by atoms with Crippen molar-refractivity contribution in [1.29, 1.82) is 0 Å². The molecule has 2 N–H and O–H groups in total. The molecule has 2 rings (SSSR count). The Morgan fingerprint density at radius 3 is 2.47 bits per heavy atom. The minimum absolute atomic E-state index is 0.00465. The Hall–Kier alpha value is -1.33. The summed E-state index contributed by atoms with van der Waals surface area (Å²) in [6.45, 7) is 3.20. The van der Waals surface area contributed by atoms with E-state index in [4.69, 9.17) is 5.11 Å². The predicted octanol–water partition coefficient (Wildman–Crippen LogP) is 0.922. The average Bonchev–Trinajstić information content (AvgIpc) is 2.64. The van der Waals surface area contributed by atoms with E-state index in [-0.39, 0.29) is 17.8 Å². The number of nitrogens with zero attached hydrogens (tertiary/aromatic N) is 2. The van der Waals surface area contributed by atoms with Crippen molar-refractivity contribution in [2.75, 3.05) is 19.7 Å². The van der Waals surface area contributed by atoms with Gasteiger partial charge in [0.1, 0.15) is 0 Å². The highest BCUT2D eigenvalue weighted by Crippen LogP contribution is 2.14. The molecule has 0 spiro atoms. The molecule has 0 aromatic carbocycles. The molecule has 1 saturated heterocycles. The van der Waals surface area contributed by atoms with Crippen molar-refractivity contribution in [3.05, 3.63) is 28.2 Å². The van der Waals surface area contributed by atoms with Crippen LogP contribution in [0.1, 0.15) is 31.4 Å². The summed E-state index contributed by atoms with van der Waals surface area (Å²) in [6.07, 6.45) is 6.36. The van der Waals surface area contributed by atoms with Gasteiger partial charge in [-0.3, -0.25) is 9.69 Å². The van der Waals surface area contributed by atoms with E-state index in [9.17, 15) is 9.90 Å². The van der Waals surface area contributed by atoms with E-state index in [0.29, 0.717) is 13.1 Å². The summed E-state index contributed by atoms with van der Waals surface area (Å²) in [7, 11) is 0. The molecule has 1 aliphatic rings. The highest BCUT2D eigenvalue weighted by molar-refractivity contribution is 5.20. The molecule has 5 heteroatoms. The number of rotatable bonds is 4. The fourth-order valence-electron chi connectivity index (χ4n) is 2.58. The molecule has 106 valence electrons. The van der Waals surface area contributed by atoms with E-state index in [0.717, 1.165) is 18.8 Å². The topological polar surface area (TPSA) is 65.7 Å². The van der Waals surface area contributed by atoms with Gasteiger partial charge in [0.15, 0.2) is 5.75 Å². The molecule has 0 amide bonds. The fraction of sp³-hybridized carbons (Fsp3) is 0.643. The average molecular weight is 266 g/mol. The van der Waals surface area contributed by atoms with Crippen LogP contribution in [-0.2, 0) is 13.1 Å². The van der Waals surface area contributed by atoms with E-state index in [1.165, 1.54) is 37.9 Å². The van der Waals surface area contributed by atoms with Crippen LogP contribution in [-0.4, -0.2) is 39.4 Å². The Morgan fingerprint density at radius 2 is 1.84 bits per heavy atom. The molecule has 0 unspecified atom stereocenters. The van der Waals surface area contributed by atoms with E-state index in [2.05, 4.69) is 4.90 Å². The minimum atomic E-state index is -0.348. The van der Waals surface area contributed by atoms with Crippen LogP contribution in [0.25, 0.3) is 0 Å². The van der Waals surface area contributed by atoms with Crippen LogP contribution < -0.4 is 5.43 Å². The molecule has 1 fully saturated rings. The lowest BCUT2D eigenvalue weighted by Gasteiger charge is -2.22. The van der Waals surface area contributed by atoms with Gasteiger partial charge in [-0.2, -0.15) is 0 Å². The molecule has 0 atom stereocenters. The van der Waals surface area contributed by atoms with Gasteiger partial charge in [0.2, 0.25) is 5.43 Å². The van der Waals surface area contributed by atoms with E-state index in [1.54, 1.807) is 4.57 Å². The molecular formula is C14H22N2O3. The second-order valence-corrected chi connectivity index (χ2v) is 5.12. The largest absolute Gasteiger partial charge is 0.503 e. The number of hydrogen-bond donors (Lipinski definition) is 2. The summed E-state index contributed by atoms with van der Waals surface area (Å²) >= 11 is 0. The molecule has 2 heterocycles. The number of pyridine rings is 1. The zero-order chi connectivity index (χ0) is 13.7. The maximum atomic E-state index is 11.6. The standard InChI is InChI=1S/C14H22N2O3/c17-8-7-16-11-14(19)13(18)9-12(16)10-15-5-3-1-2-4-6-15/h9,11,17,19H,1-8,10H2. The van der Waals surface area contributed by atoms with Crippen molar-refractivity contribution in [1.82, 2.24) is 9.47 Å². The summed E-state index contributed by atoms with van der Waals surface area (Å²) in [6, 6.07) is 1.48. The lowest BCUT2D eigenvalue weighted by atomic mass is 10.2. The van der Waals surface area contributed by atoms with Crippen LogP contribution in [0.5, 0.6) is 5.75 Å². The van der Waals surface area contributed by atoms with Crippen molar-refractivity contribution in [2.45, 2.75) is 38.8 Å². The zero-order valence-corrected chi connectivity index (χ0v) is 11.2. The number of aromatic nitrogens is 1. The van der Waals surface area contributed by atoms with Crippen LogP contribution in [0.4, 0.5) is 0 Å². The third-order valence-electron chi connectivity index (χ3n) is 3.62. The second kappa shape index (κ2) is 6.73. The summed E-state index contributed by atoms with van der Waals surface area (Å²) in [5.74, 6) is -0.256. The Kier molecular flexibility index (Phi) is 4.99. The molecule has 1 aliphatic heterocycles. The molecular weight excluding hydrogens is 244 g/mol. The first-order chi connectivity index (χ1) is 9.20. The molecule has 5 nitrogen and oxygen atoms in total. The lowest BCUT2D eigenvalue weighted by molar-refractivity contribution is 0.251. The van der Waals surface area contributed by atoms with Gasteiger partial charge >= 0.3 is 0 Å². The highest BCUT2D eigenvalue weighted by Gasteiger charge is 2.12. The molecule has 0 aliphatic carbocycles. The third kappa shape index (κ3) is 3.81. The number of aliphatic hydroxyl groups excluding tert-OH is 1. The van der Waals surface area contributed by atoms with Crippen LogP contribution in [0, 0.1) is 0 Å². The normalized spacial score (nSPS) is 17.3. The minimum Gasteiger partial charge on any atom is -0.503 e. The van der Waals surface area contributed by atoms with E-state index in [1.807, 2.05) is 0 Å². The SMILES string of the molecule is O=c1cc(CN2CCCCCC2)n(CCO)cc1O. The van der Waals surface area contributed by atoms with Gasteiger partial charge in [-0.25, -0.2) is 0 Å². The second-order valence-electron chi connectivity index (χ2n) is 5.12. The molecule has 0 bridgehead atoms. The van der Waals surface area contributed by atoms with Crippen LogP contribution in [0.15, 0.2) is 17.1 Å². The lowest BCUT2D eigenvalue weighted by Crippen LogP contribution is -2.27. The third-order valence-corrected chi connectivity index (χ3v) is 3.62. The predicted molar refractivity (Wildman–Crippen MR) is 73.2 cm³/mol. The fourth-order valence-corrected chi connectivity index (χ4v) is 2.58. The maximum absolute atomic E-state index is 11.6. The number of hydrogen-bond acceptors (Lipinski definition) is 4. The van der Waals surface area contributed by atoms with Crippen molar-refractivity contribution >= 4 is 0 Å². The zero-order valence-electron chi connectivity index (χ0n) is 11.2. The van der Waals surface area contributed by atoms with Gasteiger partial charge in [-0.15, -0.1) is 0 Å². The highest BCUT2D eigenvalue weighted by atomic mass is 16.3. The number of likely N-dealkylation sites (tertiary alicyclic amines) is 1. The Balaban J connectivity index is 2.17. The summed E-state index contributed by atoms with van der Waals surface area (Å²) in [5.41, 5.74) is 0.512.